The maximum Gasteiger partial charge on any atom is 0.161 e. The van der Waals surface area contributed by atoms with E-state index in [-0.39, 0.29) is 0 Å². The molecule has 1 N–H and O–H groups in total. The van der Waals surface area contributed by atoms with Gasteiger partial charge in [0.15, 0.2) is 17.3 Å². The predicted octanol–water partition coefficient (Wildman–Crippen LogP) is 4.19. The number of hydrogen-bond donors (Lipinski definition) is 1. The van der Waals surface area contributed by atoms with Crippen LogP contribution in [0.15, 0.2) is 45.9 Å². The van der Waals surface area contributed by atoms with Crippen molar-refractivity contribution in [2.75, 3.05) is 14.2 Å². The number of furan rings is 1. The van der Waals surface area contributed by atoms with Crippen molar-refractivity contribution >= 4 is 17.2 Å². The topological polar surface area (TPSA) is 56.0 Å². The molecule has 0 amide bonds. The van der Waals surface area contributed by atoms with E-state index in [0.717, 1.165) is 27.9 Å². The predicted molar refractivity (Wildman–Crippen MR) is 99.7 cm³/mol. The smallest absolute Gasteiger partial charge is 0.161 e. The van der Waals surface area contributed by atoms with Crippen molar-refractivity contribution in [1.82, 2.24) is 5.43 Å². The molecule has 0 aliphatic rings. The van der Waals surface area contributed by atoms with E-state index in [1.807, 2.05) is 31.2 Å². The number of hydrogen-bond acceptors (Lipinski definition) is 5. The third-order valence-corrected chi connectivity index (χ3v) is 4.13. The molecule has 2 aromatic carbocycles. The molecule has 0 spiro atoms. The lowest BCUT2D eigenvalue weighted by atomic mass is 10.1. The van der Waals surface area contributed by atoms with Crippen molar-refractivity contribution in [3.05, 3.63) is 58.8 Å². The second kappa shape index (κ2) is 7.30. The fourth-order valence-electron chi connectivity index (χ4n) is 2.71. The number of nitrogens with zero attached hydrogens (tertiary/aromatic N) is 1. The fourth-order valence-corrected chi connectivity index (χ4v) is 2.71. The first-order valence-electron chi connectivity index (χ1n) is 8.09. The van der Waals surface area contributed by atoms with Gasteiger partial charge in [-0.05, 0) is 43.2 Å². The van der Waals surface area contributed by atoms with Crippen molar-refractivity contribution in [2.45, 2.75) is 20.4 Å². The van der Waals surface area contributed by atoms with E-state index in [1.54, 1.807) is 20.4 Å². The van der Waals surface area contributed by atoms with Crippen LogP contribution in [0.2, 0.25) is 0 Å². The van der Waals surface area contributed by atoms with Crippen molar-refractivity contribution in [3.8, 4) is 11.5 Å². The van der Waals surface area contributed by atoms with Crippen LogP contribution in [-0.2, 0) is 6.54 Å². The highest BCUT2D eigenvalue weighted by Crippen LogP contribution is 2.27. The second-order valence-electron chi connectivity index (χ2n) is 5.87. The summed E-state index contributed by atoms with van der Waals surface area (Å²) in [6, 6.07) is 12.0. The summed E-state index contributed by atoms with van der Waals surface area (Å²) in [6.45, 7) is 4.67. The highest BCUT2D eigenvalue weighted by atomic mass is 16.5. The largest absolute Gasteiger partial charge is 0.493 e. The van der Waals surface area contributed by atoms with E-state index < -0.39 is 0 Å². The Bertz CT molecular complexity index is 913. The Morgan fingerprint density at radius 2 is 1.84 bits per heavy atom. The Labute approximate surface area is 147 Å². The third kappa shape index (κ3) is 3.60. The van der Waals surface area contributed by atoms with Gasteiger partial charge >= 0.3 is 0 Å². The fraction of sp³-hybridized carbons (Fsp3) is 0.250. The normalized spacial score (nSPS) is 11.2. The van der Waals surface area contributed by atoms with Crippen LogP contribution in [0.3, 0.4) is 0 Å². The minimum absolute atomic E-state index is 0.579. The lowest BCUT2D eigenvalue weighted by molar-refractivity contribution is 0.354. The number of methoxy groups -OCH3 is 2. The Balaban J connectivity index is 1.69. The molecule has 0 aliphatic heterocycles. The summed E-state index contributed by atoms with van der Waals surface area (Å²) in [4.78, 5) is 0. The molecule has 3 aromatic rings. The highest BCUT2D eigenvalue weighted by molar-refractivity contribution is 5.91. The number of aryl methyl sites for hydroxylation is 2. The minimum Gasteiger partial charge on any atom is -0.493 e. The molecule has 25 heavy (non-hydrogen) atoms. The van der Waals surface area contributed by atoms with Crippen molar-refractivity contribution in [1.29, 1.82) is 0 Å². The molecule has 1 aromatic heterocycles. The standard InChI is InChI=1S/C20H22N2O3/c1-13-5-7-16-14(2)20(25-18(16)9-13)12-22-21-11-15-6-8-17(23-3)19(10-15)24-4/h5-10,12,21H,11H2,1-4H3/b22-12-. The van der Waals surface area contributed by atoms with Crippen LogP contribution in [0.25, 0.3) is 11.0 Å². The summed E-state index contributed by atoms with van der Waals surface area (Å²) in [5.74, 6) is 2.18. The van der Waals surface area contributed by atoms with Gasteiger partial charge in [-0.1, -0.05) is 18.2 Å². The van der Waals surface area contributed by atoms with Crippen LogP contribution < -0.4 is 14.9 Å². The molecule has 3 rings (SSSR count). The van der Waals surface area contributed by atoms with Gasteiger partial charge in [-0.2, -0.15) is 5.10 Å². The second-order valence-corrected chi connectivity index (χ2v) is 5.87. The van der Waals surface area contributed by atoms with E-state index in [9.17, 15) is 0 Å². The molecular formula is C20H22N2O3. The maximum atomic E-state index is 5.87. The molecule has 0 unspecified atom stereocenters. The lowest BCUT2D eigenvalue weighted by Crippen LogP contribution is -2.06. The average molecular weight is 338 g/mol. The van der Waals surface area contributed by atoms with Gasteiger partial charge in [0.2, 0.25) is 0 Å². The molecule has 0 saturated carbocycles. The van der Waals surface area contributed by atoms with E-state index in [4.69, 9.17) is 13.9 Å². The number of nitrogens with one attached hydrogen (secondary N) is 1. The van der Waals surface area contributed by atoms with E-state index in [1.165, 1.54) is 5.56 Å². The van der Waals surface area contributed by atoms with Crippen molar-refractivity contribution in [3.63, 3.8) is 0 Å². The van der Waals surface area contributed by atoms with Crippen LogP contribution in [0.1, 0.15) is 22.5 Å². The van der Waals surface area contributed by atoms with Crippen LogP contribution in [0, 0.1) is 13.8 Å². The van der Waals surface area contributed by atoms with Gasteiger partial charge in [-0.25, -0.2) is 0 Å². The molecular weight excluding hydrogens is 316 g/mol. The Morgan fingerprint density at radius 1 is 1.04 bits per heavy atom. The van der Waals surface area contributed by atoms with Gasteiger partial charge in [0, 0.05) is 10.9 Å². The summed E-state index contributed by atoms with van der Waals surface area (Å²) in [5.41, 5.74) is 7.24. The number of benzene rings is 2. The Morgan fingerprint density at radius 3 is 2.60 bits per heavy atom. The molecule has 0 fully saturated rings. The van der Waals surface area contributed by atoms with Gasteiger partial charge in [0.25, 0.3) is 0 Å². The quantitative estimate of drug-likeness (QED) is 0.541. The van der Waals surface area contributed by atoms with E-state index in [2.05, 4.69) is 29.6 Å². The van der Waals surface area contributed by atoms with E-state index >= 15 is 0 Å². The molecule has 5 heteroatoms. The molecule has 0 bridgehead atoms. The van der Waals surface area contributed by atoms with Gasteiger partial charge < -0.3 is 19.3 Å². The molecule has 130 valence electrons. The van der Waals surface area contributed by atoms with Crippen molar-refractivity contribution in [2.24, 2.45) is 5.10 Å². The van der Waals surface area contributed by atoms with Crippen LogP contribution in [-0.4, -0.2) is 20.4 Å². The zero-order chi connectivity index (χ0) is 17.8. The first-order chi connectivity index (χ1) is 12.1. The number of fused-ring (bicyclic) bond motifs is 1. The number of ether oxygens (including phenoxy) is 2. The molecule has 1 heterocycles. The molecule has 0 radical (unpaired) electrons. The first-order valence-corrected chi connectivity index (χ1v) is 8.09. The highest BCUT2D eigenvalue weighted by Gasteiger charge is 2.08. The zero-order valence-electron chi connectivity index (χ0n) is 14.9. The van der Waals surface area contributed by atoms with Crippen LogP contribution >= 0.6 is 0 Å². The minimum atomic E-state index is 0.579. The Hall–Kier alpha value is -2.95. The van der Waals surface area contributed by atoms with Gasteiger partial charge in [-0.3, -0.25) is 0 Å². The average Bonchev–Trinajstić information content (AvgIpc) is 2.93. The summed E-state index contributed by atoms with van der Waals surface area (Å²) in [5, 5.41) is 5.39. The molecule has 5 nitrogen and oxygen atoms in total. The first kappa shape index (κ1) is 16.9. The summed E-state index contributed by atoms with van der Waals surface area (Å²) >= 11 is 0. The summed E-state index contributed by atoms with van der Waals surface area (Å²) in [7, 11) is 3.25. The maximum absolute atomic E-state index is 5.87. The van der Waals surface area contributed by atoms with Crippen LogP contribution in [0.5, 0.6) is 11.5 Å². The van der Waals surface area contributed by atoms with Gasteiger partial charge in [0.05, 0.1) is 27.0 Å². The zero-order valence-corrected chi connectivity index (χ0v) is 14.9. The van der Waals surface area contributed by atoms with Crippen molar-refractivity contribution < 1.29 is 13.9 Å². The summed E-state index contributed by atoms with van der Waals surface area (Å²) < 4.78 is 16.4. The molecule has 0 aliphatic carbocycles. The monoisotopic (exact) mass is 338 g/mol. The van der Waals surface area contributed by atoms with Gasteiger partial charge in [0.1, 0.15) is 5.58 Å². The van der Waals surface area contributed by atoms with Crippen LogP contribution in [0.4, 0.5) is 0 Å². The molecule has 0 atom stereocenters. The van der Waals surface area contributed by atoms with E-state index in [0.29, 0.717) is 18.0 Å². The SMILES string of the molecule is COc1ccc(CN/N=C\c2oc3cc(C)ccc3c2C)cc1OC. The third-order valence-electron chi connectivity index (χ3n) is 4.13. The summed E-state index contributed by atoms with van der Waals surface area (Å²) in [6.07, 6.45) is 1.71. The molecule has 0 saturated heterocycles. The lowest BCUT2D eigenvalue weighted by Gasteiger charge is -2.09. The number of rotatable bonds is 6. The Kier molecular flexibility index (Phi) is 4.93. The number of hydrazone groups is 1. The van der Waals surface area contributed by atoms with Gasteiger partial charge in [-0.15, -0.1) is 0 Å².